The molecule has 0 unspecified atom stereocenters. The highest BCUT2D eigenvalue weighted by Crippen LogP contribution is 2.28. The zero-order valence-corrected chi connectivity index (χ0v) is 18.1. The van der Waals surface area contributed by atoms with E-state index in [4.69, 9.17) is 11.6 Å². The van der Waals surface area contributed by atoms with E-state index in [1.807, 2.05) is 44.2 Å². The molecule has 30 heavy (non-hydrogen) atoms. The van der Waals surface area contributed by atoms with Crippen molar-refractivity contribution in [3.63, 3.8) is 0 Å². The molecule has 3 aromatic carbocycles. The van der Waals surface area contributed by atoms with Crippen LogP contribution in [0.25, 0.3) is 22.5 Å². The van der Waals surface area contributed by atoms with Crippen LogP contribution in [0.4, 0.5) is 0 Å². The standard InChI is InChI=1S/C23H20ClN3O2S/c1-16-12-17(2)14-19(13-16)22-15-23(18-8-10-20(24)11-9-18)27(25-22)26-30(28,29)21-6-4-3-5-7-21/h3-15,26H,1-2H3. The first kappa shape index (κ1) is 20.2. The Bertz CT molecular complexity index is 1280. The van der Waals surface area contributed by atoms with Crippen molar-refractivity contribution in [1.82, 2.24) is 9.89 Å². The lowest BCUT2D eigenvalue weighted by atomic mass is 10.0. The molecule has 0 aliphatic carbocycles. The minimum absolute atomic E-state index is 0.163. The number of halogens is 1. The topological polar surface area (TPSA) is 64.0 Å². The Kier molecular flexibility index (Phi) is 5.37. The van der Waals surface area contributed by atoms with Gasteiger partial charge in [0.25, 0.3) is 10.0 Å². The molecule has 0 spiro atoms. The molecular weight excluding hydrogens is 418 g/mol. The monoisotopic (exact) mass is 437 g/mol. The number of sulfonamides is 1. The van der Waals surface area contributed by atoms with E-state index in [-0.39, 0.29) is 4.90 Å². The molecule has 0 fully saturated rings. The van der Waals surface area contributed by atoms with E-state index in [1.54, 1.807) is 42.5 Å². The van der Waals surface area contributed by atoms with Crippen molar-refractivity contribution >= 4 is 21.6 Å². The normalized spacial score (nSPS) is 11.4. The lowest BCUT2D eigenvalue weighted by Gasteiger charge is -2.11. The number of rotatable bonds is 5. The second-order valence-electron chi connectivity index (χ2n) is 7.12. The van der Waals surface area contributed by atoms with Gasteiger partial charge in [-0.05, 0) is 56.3 Å². The van der Waals surface area contributed by atoms with Crippen LogP contribution in [0, 0.1) is 13.8 Å². The fourth-order valence-corrected chi connectivity index (χ4v) is 4.42. The number of aryl methyl sites for hydroxylation is 2. The number of hydrogen-bond acceptors (Lipinski definition) is 3. The molecule has 1 N–H and O–H groups in total. The molecule has 0 radical (unpaired) electrons. The molecule has 4 rings (SSSR count). The quantitative estimate of drug-likeness (QED) is 0.453. The maximum absolute atomic E-state index is 12.9. The van der Waals surface area contributed by atoms with Gasteiger partial charge in [0.15, 0.2) is 0 Å². The zero-order valence-electron chi connectivity index (χ0n) is 16.5. The van der Waals surface area contributed by atoms with Gasteiger partial charge in [0.2, 0.25) is 0 Å². The van der Waals surface area contributed by atoms with Crippen molar-refractivity contribution in [3.05, 3.63) is 95.0 Å². The van der Waals surface area contributed by atoms with Crippen LogP contribution in [0.1, 0.15) is 11.1 Å². The second kappa shape index (κ2) is 7.97. The summed E-state index contributed by atoms with van der Waals surface area (Å²) in [6.07, 6.45) is 0. The van der Waals surface area contributed by atoms with Gasteiger partial charge < -0.3 is 0 Å². The molecular formula is C23H20ClN3O2S. The number of hydrogen-bond donors (Lipinski definition) is 1. The van der Waals surface area contributed by atoms with Crippen LogP contribution >= 0.6 is 11.6 Å². The molecule has 0 aliphatic heterocycles. The Hall–Kier alpha value is -3.09. The second-order valence-corrected chi connectivity index (χ2v) is 9.21. The molecule has 7 heteroatoms. The third kappa shape index (κ3) is 4.25. The smallest absolute Gasteiger partial charge is 0.200 e. The van der Waals surface area contributed by atoms with E-state index in [2.05, 4.69) is 16.0 Å². The van der Waals surface area contributed by atoms with Gasteiger partial charge in [-0.1, -0.05) is 59.1 Å². The summed E-state index contributed by atoms with van der Waals surface area (Å²) in [7, 11) is -3.81. The molecule has 4 aromatic rings. The largest absolute Gasteiger partial charge is 0.276 e. The molecule has 0 saturated carbocycles. The van der Waals surface area contributed by atoms with Crippen molar-refractivity contribution < 1.29 is 8.42 Å². The Morgan fingerprint density at radius 1 is 0.833 bits per heavy atom. The number of nitrogens with zero attached hydrogens (tertiary/aromatic N) is 2. The molecule has 5 nitrogen and oxygen atoms in total. The fourth-order valence-electron chi connectivity index (χ4n) is 3.31. The summed E-state index contributed by atoms with van der Waals surface area (Å²) in [5.41, 5.74) is 5.21. The number of benzene rings is 3. The lowest BCUT2D eigenvalue weighted by molar-refractivity contribution is 0.592. The van der Waals surface area contributed by atoms with Gasteiger partial charge >= 0.3 is 0 Å². The molecule has 1 aromatic heterocycles. The molecule has 0 bridgehead atoms. The van der Waals surface area contributed by atoms with Crippen LogP contribution in [0.5, 0.6) is 0 Å². The van der Waals surface area contributed by atoms with Gasteiger partial charge in [0.1, 0.15) is 0 Å². The van der Waals surface area contributed by atoms with Gasteiger partial charge in [0, 0.05) is 16.1 Å². The minimum Gasteiger partial charge on any atom is -0.200 e. The van der Waals surface area contributed by atoms with Crippen molar-refractivity contribution in [3.8, 4) is 22.5 Å². The van der Waals surface area contributed by atoms with Crippen LogP contribution in [-0.4, -0.2) is 18.3 Å². The van der Waals surface area contributed by atoms with E-state index in [1.165, 1.54) is 4.79 Å². The van der Waals surface area contributed by atoms with Crippen molar-refractivity contribution in [2.75, 3.05) is 4.83 Å². The van der Waals surface area contributed by atoms with Crippen LogP contribution in [0.2, 0.25) is 5.02 Å². The van der Waals surface area contributed by atoms with E-state index >= 15 is 0 Å². The van der Waals surface area contributed by atoms with Crippen molar-refractivity contribution in [1.29, 1.82) is 0 Å². The van der Waals surface area contributed by atoms with Gasteiger partial charge in [-0.25, -0.2) is 0 Å². The van der Waals surface area contributed by atoms with E-state index in [0.29, 0.717) is 16.4 Å². The minimum atomic E-state index is -3.81. The molecule has 1 heterocycles. The fraction of sp³-hybridized carbons (Fsp3) is 0.0870. The zero-order chi connectivity index (χ0) is 21.3. The third-order valence-corrected chi connectivity index (χ3v) is 6.18. The molecule has 0 aliphatic rings. The van der Waals surface area contributed by atoms with Crippen LogP contribution in [-0.2, 0) is 10.0 Å². The molecule has 152 valence electrons. The van der Waals surface area contributed by atoms with Crippen LogP contribution in [0.3, 0.4) is 0 Å². The lowest BCUT2D eigenvalue weighted by Crippen LogP contribution is -2.25. The van der Waals surface area contributed by atoms with E-state index in [9.17, 15) is 8.42 Å². The predicted octanol–water partition coefficient (Wildman–Crippen LogP) is 5.42. The Morgan fingerprint density at radius 2 is 1.47 bits per heavy atom. The first-order valence-corrected chi connectivity index (χ1v) is 11.2. The number of nitrogens with one attached hydrogen (secondary N) is 1. The maximum atomic E-state index is 12.9. The Morgan fingerprint density at radius 3 is 2.10 bits per heavy atom. The molecule has 0 atom stereocenters. The van der Waals surface area contributed by atoms with E-state index in [0.717, 1.165) is 22.3 Å². The summed E-state index contributed by atoms with van der Waals surface area (Å²) in [6.45, 7) is 4.04. The van der Waals surface area contributed by atoms with Gasteiger partial charge in [-0.2, -0.15) is 23.1 Å². The highest BCUT2D eigenvalue weighted by atomic mass is 35.5. The van der Waals surface area contributed by atoms with Crippen molar-refractivity contribution in [2.45, 2.75) is 18.7 Å². The summed E-state index contributed by atoms with van der Waals surface area (Å²) >= 11 is 6.03. The van der Waals surface area contributed by atoms with Gasteiger partial charge in [-0.3, -0.25) is 0 Å². The third-order valence-electron chi connectivity index (χ3n) is 4.63. The first-order valence-electron chi connectivity index (χ1n) is 9.34. The van der Waals surface area contributed by atoms with Crippen LogP contribution < -0.4 is 4.83 Å². The van der Waals surface area contributed by atoms with Crippen molar-refractivity contribution in [2.24, 2.45) is 0 Å². The summed E-state index contributed by atoms with van der Waals surface area (Å²) in [4.78, 5) is 4.05. The average molecular weight is 438 g/mol. The van der Waals surface area contributed by atoms with Crippen LogP contribution in [0.15, 0.2) is 83.8 Å². The first-order chi connectivity index (χ1) is 14.3. The predicted molar refractivity (Wildman–Crippen MR) is 121 cm³/mol. The van der Waals surface area contributed by atoms with Gasteiger partial charge in [0.05, 0.1) is 16.3 Å². The Balaban J connectivity index is 1.83. The summed E-state index contributed by atoms with van der Waals surface area (Å²) in [6, 6.07) is 23.4. The molecule has 0 saturated heterocycles. The highest BCUT2D eigenvalue weighted by molar-refractivity contribution is 7.92. The summed E-state index contributed by atoms with van der Waals surface area (Å²) < 4.78 is 25.8. The SMILES string of the molecule is Cc1cc(C)cc(-c2cc(-c3ccc(Cl)cc3)n(NS(=O)(=O)c3ccccc3)n2)c1. The Labute approximate surface area is 181 Å². The highest BCUT2D eigenvalue weighted by Gasteiger charge is 2.19. The number of aromatic nitrogens is 2. The van der Waals surface area contributed by atoms with E-state index < -0.39 is 10.0 Å². The van der Waals surface area contributed by atoms with Gasteiger partial charge in [-0.15, -0.1) is 0 Å². The average Bonchev–Trinajstić information content (AvgIpc) is 3.12. The summed E-state index contributed by atoms with van der Waals surface area (Å²) in [5, 5.41) is 5.17. The molecule has 0 amide bonds. The summed E-state index contributed by atoms with van der Waals surface area (Å²) in [5.74, 6) is 0. The maximum Gasteiger partial charge on any atom is 0.276 e.